The minimum absolute atomic E-state index is 0.291. The van der Waals surface area contributed by atoms with Crippen LogP contribution < -0.4 is 5.32 Å². The Bertz CT molecular complexity index is 891. The molecule has 0 fully saturated rings. The lowest BCUT2D eigenvalue weighted by Crippen LogP contribution is -1.98. The van der Waals surface area contributed by atoms with Crippen LogP contribution in [0.15, 0.2) is 65.7 Å². The van der Waals surface area contributed by atoms with Crippen molar-refractivity contribution in [2.75, 3.05) is 11.6 Å². The summed E-state index contributed by atoms with van der Waals surface area (Å²) in [6.45, 7) is 0. The third-order valence-corrected chi connectivity index (χ3v) is 4.30. The number of nitrogens with one attached hydrogen (secondary N) is 1. The fourth-order valence-electron chi connectivity index (χ4n) is 2.14. The fraction of sp³-hybridized carbons (Fsp3) is 0.0625. The number of fused-ring (bicyclic) bond motifs is 1. The summed E-state index contributed by atoms with van der Waals surface area (Å²) in [7, 11) is -3.24. The number of nitrogens with zero attached hydrogens (tertiary/aromatic N) is 1. The Labute approximate surface area is 123 Å². The van der Waals surface area contributed by atoms with Gasteiger partial charge in [0, 0.05) is 29.2 Å². The zero-order chi connectivity index (χ0) is 14.9. The lowest BCUT2D eigenvalue weighted by molar-refractivity contribution is 0.602. The van der Waals surface area contributed by atoms with Crippen LogP contribution in [0.4, 0.5) is 11.4 Å². The molecule has 0 aliphatic heterocycles. The van der Waals surface area contributed by atoms with E-state index in [-0.39, 0.29) is 0 Å². The molecular weight excluding hydrogens is 284 g/mol. The van der Waals surface area contributed by atoms with Gasteiger partial charge in [0.05, 0.1) is 10.4 Å². The highest BCUT2D eigenvalue weighted by atomic mass is 32.2. The maximum absolute atomic E-state index is 11.7. The summed E-state index contributed by atoms with van der Waals surface area (Å²) in [4.78, 5) is 4.56. The van der Waals surface area contributed by atoms with Crippen LogP contribution in [0.1, 0.15) is 0 Å². The summed E-state index contributed by atoms with van der Waals surface area (Å²) in [5, 5.41) is 4.07. The Morgan fingerprint density at radius 3 is 2.48 bits per heavy atom. The first-order valence-corrected chi connectivity index (χ1v) is 8.34. The molecule has 3 rings (SSSR count). The first-order valence-electron chi connectivity index (χ1n) is 6.45. The number of anilines is 2. The van der Waals surface area contributed by atoms with Crippen LogP contribution in [-0.4, -0.2) is 19.7 Å². The molecule has 5 heteroatoms. The molecule has 106 valence electrons. The summed E-state index contributed by atoms with van der Waals surface area (Å²) in [5.74, 6) is 0. The number of aromatic nitrogens is 1. The summed E-state index contributed by atoms with van der Waals surface area (Å²) >= 11 is 0. The highest BCUT2D eigenvalue weighted by Crippen LogP contribution is 2.27. The van der Waals surface area contributed by atoms with E-state index in [0.29, 0.717) is 4.90 Å². The van der Waals surface area contributed by atoms with Gasteiger partial charge in [0.25, 0.3) is 0 Å². The summed E-state index contributed by atoms with van der Waals surface area (Å²) in [6, 6.07) is 16.5. The monoisotopic (exact) mass is 298 g/mol. The Kier molecular flexibility index (Phi) is 3.35. The van der Waals surface area contributed by atoms with E-state index in [1.54, 1.807) is 24.4 Å². The minimum Gasteiger partial charge on any atom is -0.355 e. The second-order valence-electron chi connectivity index (χ2n) is 4.80. The highest BCUT2D eigenvalue weighted by molar-refractivity contribution is 7.90. The predicted molar refractivity (Wildman–Crippen MR) is 84.6 cm³/mol. The third kappa shape index (κ3) is 2.87. The number of pyridine rings is 1. The van der Waals surface area contributed by atoms with Gasteiger partial charge in [-0.3, -0.25) is 4.98 Å². The van der Waals surface area contributed by atoms with Crippen LogP contribution in [0, 0.1) is 0 Å². The molecule has 0 unspecified atom stereocenters. The smallest absolute Gasteiger partial charge is 0.175 e. The number of hydrogen-bond donors (Lipinski definition) is 1. The van der Waals surface area contributed by atoms with Gasteiger partial charge in [-0.05, 0) is 36.4 Å². The third-order valence-electron chi connectivity index (χ3n) is 3.19. The van der Waals surface area contributed by atoms with Gasteiger partial charge in [-0.1, -0.05) is 18.2 Å². The van der Waals surface area contributed by atoms with Crippen molar-refractivity contribution in [1.82, 2.24) is 4.98 Å². The quantitative estimate of drug-likeness (QED) is 0.805. The van der Waals surface area contributed by atoms with Gasteiger partial charge in [0.2, 0.25) is 0 Å². The van der Waals surface area contributed by atoms with E-state index in [2.05, 4.69) is 10.3 Å². The minimum atomic E-state index is -3.24. The highest BCUT2D eigenvalue weighted by Gasteiger charge is 2.10. The molecule has 0 saturated carbocycles. The summed E-state index contributed by atoms with van der Waals surface area (Å²) in [5.41, 5.74) is 2.52. The maximum Gasteiger partial charge on any atom is 0.175 e. The van der Waals surface area contributed by atoms with Gasteiger partial charge in [-0.2, -0.15) is 0 Å². The molecule has 0 amide bonds. The van der Waals surface area contributed by atoms with E-state index in [1.807, 2.05) is 36.4 Å². The van der Waals surface area contributed by atoms with Crippen molar-refractivity contribution in [3.05, 3.63) is 60.8 Å². The van der Waals surface area contributed by atoms with Crippen LogP contribution in [-0.2, 0) is 9.84 Å². The van der Waals surface area contributed by atoms with Crippen molar-refractivity contribution in [3.63, 3.8) is 0 Å². The number of hydrogen-bond acceptors (Lipinski definition) is 4. The van der Waals surface area contributed by atoms with E-state index >= 15 is 0 Å². The van der Waals surface area contributed by atoms with Gasteiger partial charge in [0.1, 0.15) is 0 Å². The van der Waals surface area contributed by atoms with Crippen LogP contribution in [0.25, 0.3) is 10.9 Å². The van der Waals surface area contributed by atoms with Gasteiger partial charge in [-0.25, -0.2) is 8.42 Å². The molecule has 21 heavy (non-hydrogen) atoms. The molecule has 1 N–H and O–H groups in total. The van der Waals surface area contributed by atoms with E-state index in [0.717, 1.165) is 22.3 Å². The number of rotatable bonds is 3. The molecular formula is C16H14N2O2S. The molecule has 0 bridgehead atoms. The normalized spacial score (nSPS) is 11.5. The zero-order valence-electron chi connectivity index (χ0n) is 11.4. The van der Waals surface area contributed by atoms with Gasteiger partial charge in [-0.15, -0.1) is 0 Å². The first kappa shape index (κ1) is 13.6. The fourth-order valence-corrected chi connectivity index (χ4v) is 2.79. The van der Waals surface area contributed by atoms with Crippen molar-refractivity contribution >= 4 is 32.1 Å². The molecule has 0 aliphatic rings. The largest absolute Gasteiger partial charge is 0.355 e. The van der Waals surface area contributed by atoms with Gasteiger partial charge >= 0.3 is 0 Å². The Balaban J connectivity index is 2.14. The molecule has 0 spiro atoms. The van der Waals surface area contributed by atoms with Crippen LogP contribution in [0.5, 0.6) is 0 Å². The van der Waals surface area contributed by atoms with Crippen molar-refractivity contribution in [2.45, 2.75) is 4.90 Å². The van der Waals surface area contributed by atoms with E-state index in [9.17, 15) is 8.42 Å². The number of benzene rings is 2. The van der Waals surface area contributed by atoms with Crippen molar-refractivity contribution in [2.24, 2.45) is 0 Å². The van der Waals surface area contributed by atoms with Crippen LogP contribution in [0.3, 0.4) is 0 Å². The molecule has 0 atom stereocenters. The lowest BCUT2D eigenvalue weighted by atomic mass is 10.2. The zero-order valence-corrected chi connectivity index (χ0v) is 12.3. The predicted octanol–water partition coefficient (Wildman–Crippen LogP) is 3.38. The Morgan fingerprint density at radius 2 is 1.76 bits per heavy atom. The van der Waals surface area contributed by atoms with Gasteiger partial charge in [0.15, 0.2) is 9.84 Å². The average molecular weight is 298 g/mol. The summed E-state index contributed by atoms with van der Waals surface area (Å²) < 4.78 is 23.4. The molecule has 0 saturated heterocycles. The van der Waals surface area contributed by atoms with Crippen molar-refractivity contribution < 1.29 is 8.42 Å². The molecule has 4 nitrogen and oxygen atoms in total. The molecule has 0 radical (unpaired) electrons. The maximum atomic E-state index is 11.7. The number of para-hydroxylation sites is 1. The Morgan fingerprint density at radius 1 is 1.00 bits per heavy atom. The summed E-state index contributed by atoms with van der Waals surface area (Å²) in [6.07, 6.45) is 2.91. The van der Waals surface area contributed by atoms with Crippen molar-refractivity contribution in [3.8, 4) is 0 Å². The molecule has 3 aromatic rings. The molecule has 0 aliphatic carbocycles. The molecule has 2 aromatic carbocycles. The average Bonchev–Trinajstić information content (AvgIpc) is 2.47. The van der Waals surface area contributed by atoms with Crippen LogP contribution >= 0.6 is 0 Å². The van der Waals surface area contributed by atoms with Crippen molar-refractivity contribution in [1.29, 1.82) is 0 Å². The lowest BCUT2D eigenvalue weighted by Gasteiger charge is -2.10. The molecule has 1 heterocycles. The van der Waals surface area contributed by atoms with E-state index in [1.165, 1.54) is 6.26 Å². The van der Waals surface area contributed by atoms with E-state index < -0.39 is 9.84 Å². The van der Waals surface area contributed by atoms with Gasteiger partial charge < -0.3 is 5.32 Å². The molecule has 1 aromatic heterocycles. The SMILES string of the molecule is CS(=O)(=O)c1ccc2nccc(Nc3ccccc3)c2c1. The number of sulfone groups is 1. The topological polar surface area (TPSA) is 59.1 Å². The van der Waals surface area contributed by atoms with E-state index in [4.69, 9.17) is 0 Å². The Hall–Kier alpha value is -2.40. The second kappa shape index (κ2) is 5.18. The van der Waals surface area contributed by atoms with Crippen LogP contribution in [0.2, 0.25) is 0 Å². The standard InChI is InChI=1S/C16H14N2O2S/c1-21(19,20)13-7-8-15-14(11-13)16(9-10-17-15)18-12-5-3-2-4-6-12/h2-11H,1H3,(H,17,18). The second-order valence-corrected chi connectivity index (χ2v) is 6.82. The first-order chi connectivity index (χ1) is 10.0.